The number of hydrogen-bond acceptors (Lipinski definition) is 6. The van der Waals surface area contributed by atoms with Gasteiger partial charge in [-0.05, 0) is 12.5 Å². The first-order valence-electron chi connectivity index (χ1n) is 7.76. The molecule has 8 heteroatoms. The van der Waals surface area contributed by atoms with Crippen molar-refractivity contribution in [1.82, 2.24) is 15.3 Å². The third kappa shape index (κ3) is 4.37. The molecule has 1 aromatic carbocycles. The van der Waals surface area contributed by atoms with E-state index < -0.39 is 11.6 Å². The van der Waals surface area contributed by atoms with E-state index in [-0.39, 0.29) is 28.1 Å². The number of anilines is 1. The maximum atomic E-state index is 15.0. The van der Waals surface area contributed by atoms with Crippen molar-refractivity contribution in [3.05, 3.63) is 52.2 Å². The number of nitrogens with one attached hydrogen (secondary N) is 1. The molecule has 0 saturated carbocycles. The van der Waals surface area contributed by atoms with Crippen molar-refractivity contribution in [3.63, 3.8) is 0 Å². The second-order valence-corrected chi connectivity index (χ2v) is 5.76. The van der Waals surface area contributed by atoms with Gasteiger partial charge in [0.25, 0.3) is 0 Å². The molecule has 25 heavy (non-hydrogen) atoms. The second kappa shape index (κ2) is 8.64. The van der Waals surface area contributed by atoms with E-state index in [9.17, 15) is 9.59 Å². The van der Waals surface area contributed by atoms with Crippen LogP contribution in [0.5, 0.6) is 0 Å². The number of nitrogen functional groups attached to an aromatic ring is 1. The summed E-state index contributed by atoms with van der Waals surface area (Å²) < 4.78 is 15.0. The van der Waals surface area contributed by atoms with E-state index in [2.05, 4.69) is 15.3 Å². The molecule has 1 atom stereocenters. The minimum Gasteiger partial charge on any atom is -0.382 e. The van der Waals surface area contributed by atoms with Crippen LogP contribution in [0.4, 0.5) is 10.2 Å². The highest BCUT2D eigenvalue weighted by molar-refractivity contribution is 6.34. The largest absolute Gasteiger partial charge is 0.382 e. The van der Waals surface area contributed by atoms with Gasteiger partial charge in [-0.2, -0.15) is 0 Å². The van der Waals surface area contributed by atoms with Gasteiger partial charge in [-0.1, -0.05) is 24.6 Å². The number of aldehydes is 1. The summed E-state index contributed by atoms with van der Waals surface area (Å²) in [6.45, 7) is 2.29. The first-order chi connectivity index (χ1) is 12.0. The molecule has 0 fully saturated rings. The average Bonchev–Trinajstić information content (AvgIpc) is 2.60. The molecule has 1 heterocycles. The van der Waals surface area contributed by atoms with Crippen LogP contribution in [0, 0.1) is 5.82 Å². The van der Waals surface area contributed by atoms with Crippen LogP contribution in [0.15, 0.2) is 24.5 Å². The molecule has 0 saturated heterocycles. The van der Waals surface area contributed by atoms with Crippen molar-refractivity contribution >= 4 is 29.5 Å². The second-order valence-electron chi connectivity index (χ2n) is 5.35. The number of carbonyl (C=O) groups is 2. The molecule has 0 bridgehead atoms. The fourth-order valence-electron chi connectivity index (χ4n) is 2.42. The molecule has 0 aliphatic carbocycles. The van der Waals surface area contributed by atoms with Gasteiger partial charge in [-0.3, -0.25) is 4.79 Å². The number of halogens is 2. The highest BCUT2D eigenvalue weighted by atomic mass is 35.5. The molecule has 0 radical (unpaired) electrons. The monoisotopic (exact) mass is 364 g/mol. The van der Waals surface area contributed by atoms with Crippen LogP contribution >= 0.6 is 11.6 Å². The third-order valence-corrected chi connectivity index (χ3v) is 4.00. The van der Waals surface area contributed by atoms with Crippen LogP contribution < -0.4 is 11.1 Å². The standard InChI is InChI=1S/C17H18ClFN4O2/c1-2-12(21-6-3-7-24)10-4-5-11(18)15(16(10)19)17(25)13-8-23-14(20)9-22-13/h4-5,7-9,12,21H,2-3,6H2,1H3,(H2,20,23)/t12-/m1/s1. The van der Waals surface area contributed by atoms with Crippen LogP contribution in [0.25, 0.3) is 0 Å². The van der Waals surface area contributed by atoms with Crippen molar-refractivity contribution in [2.75, 3.05) is 12.3 Å². The lowest BCUT2D eigenvalue weighted by atomic mass is 9.98. The van der Waals surface area contributed by atoms with Crippen LogP contribution in [-0.2, 0) is 4.79 Å². The summed E-state index contributed by atoms with van der Waals surface area (Å²) >= 11 is 6.05. The smallest absolute Gasteiger partial charge is 0.217 e. The van der Waals surface area contributed by atoms with E-state index in [1.54, 1.807) is 0 Å². The summed E-state index contributed by atoms with van der Waals surface area (Å²) in [6, 6.07) is 2.66. The molecule has 0 amide bonds. The number of nitrogens with two attached hydrogens (primary N) is 1. The highest BCUT2D eigenvalue weighted by Gasteiger charge is 2.24. The Bertz CT molecular complexity index is 768. The van der Waals surface area contributed by atoms with Crippen molar-refractivity contribution in [2.45, 2.75) is 25.8 Å². The van der Waals surface area contributed by atoms with E-state index in [1.165, 1.54) is 24.5 Å². The number of aromatic nitrogens is 2. The van der Waals surface area contributed by atoms with Gasteiger partial charge < -0.3 is 15.8 Å². The van der Waals surface area contributed by atoms with Crippen LogP contribution in [0.2, 0.25) is 5.02 Å². The van der Waals surface area contributed by atoms with Crippen LogP contribution in [0.1, 0.15) is 47.4 Å². The topological polar surface area (TPSA) is 98.0 Å². The van der Waals surface area contributed by atoms with Crippen LogP contribution in [0.3, 0.4) is 0 Å². The lowest BCUT2D eigenvalue weighted by Gasteiger charge is -2.19. The van der Waals surface area contributed by atoms with E-state index in [4.69, 9.17) is 17.3 Å². The van der Waals surface area contributed by atoms with Gasteiger partial charge in [0.2, 0.25) is 5.78 Å². The number of ketones is 1. The summed E-state index contributed by atoms with van der Waals surface area (Å²) in [5.74, 6) is -1.22. The molecule has 1 aromatic heterocycles. The Balaban J connectivity index is 2.40. The maximum Gasteiger partial charge on any atom is 0.217 e. The highest BCUT2D eigenvalue weighted by Crippen LogP contribution is 2.29. The number of benzene rings is 1. The molecule has 6 nitrogen and oxygen atoms in total. The van der Waals surface area contributed by atoms with Gasteiger partial charge in [-0.25, -0.2) is 14.4 Å². The minimum atomic E-state index is -0.707. The summed E-state index contributed by atoms with van der Waals surface area (Å²) in [4.78, 5) is 30.7. The van der Waals surface area contributed by atoms with Gasteiger partial charge in [0.1, 0.15) is 23.6 Å². The molecule has 0 aliphatic rings. The lowest BCUT2D eigenvalue weighted by molar-refractivity contribution is -0.107. The van der Waals surface area contributed by atoms with E-state index >= 15 is 4.39 Å². The molecule has 3 N–H and O–H groups in total. The lowest BCUT2D eigenvalue weighted by Crippen LogP contribution is -2.24. The molecule has 0 spiro atoms. The number of hydrogen-bond donors (Lipinski definition) is 2. The zero-order valence-corrected chi connectivity index (χ0v) is 14.4. The Hall–Kier alpha value is -2.38. The molecule has 0 aliphatic heterocycles. The zero-order chi connectivity index (χ0) is 18.4. The van der Waals surface area contributed by atoms with Gasteiger partial charge >= 0.3 is 0 Å². The number of rotatable bonds is 8. The Kier molecular flexibility index (Phi) is 6.55. The molecule has 0 unspecified atom stereocenters. The Labute approximate surface area is 149 Å². The van der Waals surface area contributed by atoms with Crippen molar-refractivity contribution in [1.29, 1.82) is 0 Å². The van der Waals surface area contributed by atoms with Crippen molar-refractivity contribution < 1.29 is 14.0 Å². The predicted octanol–water partition coefficient (Wildman–Crippen LogP) is 2.71. The van der Waals surface area contributed by atoms with Gasteiger partial charge in [0, 0.05) is 24.6 Å². The summed E-state index contributed by atoms with van der Waals surface area (Å²) in [6.07, 6.45) is 4.08. The normalized spacial score (nSPS) is 12.0. The van der Waals surface area contributed by atoms with E-state index in [0.717, 1.165) is 6.29 Å². The summed E-state index contributed by atoms with van der Waals surface area (Å²) in [7, 11) is 0. The molecule has 132 valence electrons. The first-order valence-corrected chi connectivity index (χ1v) is 8.14. The fourth-order valence-corrected chi connectivity index (χ4v) is 2.65. The van der Waals surface area contributed by atoms with Crippen LogP contribution in [-0.4, -0.2) is 28.6 Å². The van der Waals surface area contributed by atoms with Crippen molar-refractivity contribution in [2.24, 2.45) is 0 Å². The quantitative estimate of drug-likeness (QED) is 0.424. The minimum absolute atomic E-state index is 0.00683. The first kappa shape index (κ1) is 19.0. The fraction of sp³-hybridized carbons (Fsp3) is 0.294. The number of carbonyl (C=O) groups excluding carboxylic acids is 2. The molecule has 2 rings (SSSR count). The van der Waals surface area contributed by atoms with E-state index in [1.807, 2.05) is 6.92 Å². The molecular formula is C17H18ClFN4O2. The Morgan fingerprint density at radius 1 is 1.40 bits per heavy atom. The zero-order valence-electron chi connectivity index (χ0n) is 13.6. The summed E-state index contributed by atoms with van der Waals surface area (Å²) in [5, 5.41) is 3.08. The predicted molar refractivity (Wildman–Crippen MR) is 93.0 cm³/mol. The SMILES string of the molecule is CC[C@@H](NCCC=O)c1ccc(Cl)c(C(=O)c2cnc(N)cn2)c1F. The Morgan fingerprint density at radius 2 is 2.16 bits per heavy atom. The van der Waals surface area contributed by atoms with Gasteiger partial charge in [0.05, 0.1) is 23.0 Å². The average molecular weight is 365 g/mol. The Morgan fingerprint density at radius 3 is 2.76 bits per heavy atom. The maximum absolute atomic E-state index is 15.0. The number of nitrogens with zero attached hydrogens (tertiary/aromatic N) is 2. The van der Waals surface area contributed by atoms with Crippen molar-refractivity contribution in [3.8, 4) is 0 Å². The molecular weight excluding hydrogens is 347 g/mol. The third-order valence-electron chi connectivity index (χ3n) is 3.69. The van der Waals surface area contributed by atoms with Gasteiger partial charge in [-0.15, -0.1) is 0 Å². The van der Waals surface area contributed by atoms with E-state index in [0.29, 0.717) is 24.9 Å². The summed E-state index contributed by atoms with van der Waals surface area (Å²) in [5.41, 5.74) is 5.45. The molecule has 2 aromatic rings. The van der Waals surface area contributed by atoms with Gasteiger partial charge in [0.15, 0.2) is 0 Å².